The maximum atomic E-state index is 13.5. The Morgan fingerprint density at radius 2 is 2.16 bits per heavy atom. The lowest BCUT2D eigenvalue weighted by molar-refractivity contribution is 0.0187. The van der Waals surface area contributed by atoms with E-state index in [4.69, 9.17) is 5.73 Å². The highest BCUT2D eigenvalue weighted by atomic mass is 19.3. The lowest BCUT2D eigenvalue weighted by Crippen LogP contribution is -2.21. The third kappa shape index (κ3) is 5.71. The fraction of sp³-hybridized carbons (Fsp3) is 0.417. The van der Waals surface area contributed by atoms with Crippen molar-refractivity contribution >= 4 is 5.91 Å². The summed E-state index contributed by atoms with van der Waals surface area (Å²) in [5.41, 5.74) is 5.47. The van der Waals surface area contributed by atoms with Gasteiger partial charge in [0, 0.05) is 24.2 Å². The molecule has 1 amide bonds. The van der Waals surface area contributed by atoms with Crippen LogP contribution in [-0.2, 0) is 11.3 Å². The van der Waals surface area contributed by atoms with E-state index in [0.29, 0.717) is 12.1 Å². The summed E-state index contributed by atoms with van der Waals surface area (Å²) in [5.74, 6) is -1.24. The van der Waals surface area contributed by atoms with Gasteiger partial charge < -0.3 is 15.8 Å². The minimum absolute atomic E-state index is 0.0986. The van der Waals surface area contributed by atoms with Crippen LogP contribution in [0.15, 0.2) is 18.2 Å². The summed E-state index contributed by atoms with van der Waals surface area (Å²) < 4.78 is 41.6. The normalized spacial score (nSPS) is 10.9. The van der Waals surface area contributed by atoms with Crippen molar-refractivity contribution in [2.75, 3.05) is 19.8 Å². The minimum Gasteiger partial charge on any atom is -0.374 e. The number of alkyl halides is 2. The summed E-state index contributed by atoms with van der Waals surface area (Å²) in [7, 11) is 0. The largest absolute Gasteiger partial charge is 0.374 e. The van der Waals surface area contributed by atoms with Crippen LogP contribution in [0.5, 0.6) is 0 Å². The lowest BCUT2D eigenvalue weighted by atomic mass is 10.1. The molecular formula is C12H15F3N2O2. The standard InChI is InChI=1S/C12H15F3N2O2/c13-10-5-8(12(16)18)1-2-9(10)6-17-3-4-19-7-11(14)15/h1-2,5,11,17H,3-4,6-7H2,(H2,16,18). The Hall–Kier alpha value is -1.60. The first-order valence-corrected chi connectivity index (χ1v) is 5.65. The highest BCUT2D eigenvalue weighted by molar-refractivity contribution is 5.92. The first-order valence-electron chi connectivity index (χ1n) is 5.65. The first-order chi connectivity index (χ1) is 9.00. The Labute approximate surface area is 108 Å². The number of amides is 1. The molecule has 3 N–H and O–H groups in total. The minimum atomic E-state index is -2.49. The second-order valence-electron chi connectivity index (χ2n) is 3.81. The molecule has 0 saturated heterocycles. The number of benzene rings is 1. The Morgan fingerprint density at radius 1 is 1.42 bits per heavy atom. The number of hydrogen-bond acceptors (Lipinski definition) is 3. The molecule has 1 aromatic rings. The Bertz CT molecular complexity index is 427. The number of carbonyl (C=O) groups is 1. The number of ether oxygens (including phenoxy) is 1. The van der Waals surface area contributed by atoms with Crippen molar-refractivity contribution in [3.8, 4) is 0 Å². The quantitative estimate of drug-likeness (QED) is 0.703. The van der Waals surface area contributed by atoms with Crippen molar-refractivity contribution < 1.29 is 22.7 Å². The van der Waals surface area contributed by atoms with Gasteiger partial charge in [0.15, 0.2) is 0 Å². The molecule has 0 aliphatic rings. The van der Waals surface area contributed by atoms with Gasteiger partial charge >= 0.3 is 0 Å². The summed E-state index contributed by atoms with van der Waals surface area (Å²) in [6, 6.07) is 3.94. The summed E-state index contributed by atoms with van der Waals surface area (Å²) in [4.78, 5) is 10.8. The van der Waals surface area contributed by atoms with Gasteiger partial charge in [-0.05, 0) is 12.1 Å². The van der Waals surface area contributed by atoms with Gasteiger partial charge in [0.1, 0.15) is 12.4 Å². The van der Waals surface area contributed by atoms with Gasteiger partial charge in [-0.3, -0.25) is 4.79 Å². The molecule has 0 aliphatic carbocycles. The van der Waals surface area contributed by atoms with Crippen LogP contribution in [0.2, 0.25) is 0 Å². The predicted octanol–water partition coefficient (Wildman–Crippen LogP) is 1.30. The van der Waals surface area contributed by atoms with Crippen LogP contribution >= 0.6 is 0 Å². The van der Waals surface area contributed by atoms with Crippen LogP contribution in [0.3, 0.4) is 0 Å². The molecule has 0 saturated carbocycles. The zero-order valence-electron chi connectivity index (χ0n) is 10.2. The van der Waals surface area contributed by atoms with E-state index in [1.165, 1.54) is 12.1 Å². The fourth-order valence-electron chi connectivity index (χ4n) is 1.38. The molecule has 0 heterocycles. The molecule has 0 fully saturated rings. The van der Waals surface area contributed by atoms with Crippen molar-refractivity contribution in [2.45, 2.75) is 13.0 Å². The van der Waals surface area contributed by atoms with Crippen molar-refractivity contribution in [3.63, 3.8) is 0 Å². The van der Waals surface area contributed by atoms with E-state index in [2.05, 4.69) is 10.1 Å². The molecule has 0 atom stereocenters. The molecule has 19 heavy (non-hydrogen) atoms. The average Bonchev–Trinajstić information content (AvgIpc) is 2.34. The van der Waals surface area contributed by atoms with Gasteiger partial charge in [-0.25, -0.2) is 13.2 Å². The third-order valence-corrected chi connectivity index (χ3v) is 2.32. The van der Waals surface area contributed by atoms with E-state index >= 15 is 0 Å². The van der Waals surface area contributed by atoms with Crippen molar-refractivity contribution in [2.24, 2.45) is 5.73 Å². The van der Waals surface area contributed by atoms with E-state index < -0.39 is 24.8 Å². The summed E-state index contributed by atoms with van der Waals surface area (Å²) in [6.45, 7) is 0.0430. The van der Waals surface area contributed by atoms with Crippen LogP contribution in [-0.4, -0.2) is 32.1 Å². The number of nitrogens with two attached hydrogens (primary N) is 1. The van der Waals surface area contributed by atoms with Crippen molar-refractivity contribution in [1.82, 2.24) is 5.32 Å². The smallest absolute Gasteiger partial charge is 0.261 e. The summed E-state index contributed by atoms with van der Waals surface area (Å²) in [5, 5.41) is 2.84. The Kier molecular flexibility index (Phi) is 6.31. The van der Waals surface area contributed by atoms with Crippen molar-refractivity contribution in [3.05, 3.63) is 35.1 Å². The molecule has 0 aliphatic heterocycles. The SMILES string of the molecule is NC(=O)c1ccc(CNCCOCC(F)F)c(F)c1. The maximum absolute atomic E-state index is 13.5. The molecule has 0 aromatic heterocycles. The van der Waals surface area contributed by atoms with E-state index in [9.17, 15) is 18.0 Å². The molecular weight excluding hydrogens is 261 g/mol. The monoisotopic (exact) mass is 276 g/mol. The molecule has 106 valence electrons. The Morgan fingerprint density at radius 3 is 2.74 bits per heavy atom. The molecule has 1 rings (SSSR count). The highest BCUT2D eigenvalue weighted by Crippen LogP contribution is 2.09. The zero-order chi connectivity index (χ0) is 14.3. The van der Waals surface area contributed by atoms with Gasteiger partial charge in [0.05, 0.1) is 6.61 Å². The molecule has 4 nitrogen and oxygen atoms in total. The molecule has 1 aromatic carbocycles. The van der Waals surface area contributed by atoms with Gasteiger partial charge in [-0.1, -0.05) is 6.07 Å². The maximum Gasteiger partial charge on any atom is 0.261 e. The van der Waals surface area contributed by atoms with E-state index in [1.54, 1.807) is 0 Å². The van der Waals surface area contributed by atoms with Crippen molar-refractivity contribution in [1.29, 1.82) is 0 Å². The fourth-order valence-corrected chi connectivity index (χ4v) is 1.38. The average molecular weight is 276 g/mol. The van der Waals surface area contributed by atoms with Crippen LogP contribution in [0.4, 0.5) is 13.2 Å². The van der Waals surface area contributed by atoms with Gasteiger partial charge in [0.2, 0.25) is 5.91 Å². The number of halogens is 3. The number of primary amides is 1. The number of rotatable bonds is 8. The van der Waals surface area contributed by atoms with Crippen LogP contribution in [0, 0.1) is 5.82 Å². The van der Waals surface area contributed by atoms with Gasteiger partial charge in [-0.2, -0.15) is 0 Å². The molecule has 0 spiro atoms. The molecule has 0 bridgehead atoms. The molecule has 0 unspecified atom stereocenters. The van der Waals surface area contributed by atoms with Crippen LogP contribution in [0.1, 0.15) is 15.9 Å². The predicted molar refractivity (Wildman–Crippen MR) is 63.4 cm³/mol. The second-order valence-corrected chi connectivity index (χ2v) is 3.81. The molecule has 7 heteroatoms. The summed E-state index contributed by atoms with van der Waals surface area (Å²) in [6.07, 6.45) is -2.49. The highest BCUT2D eigenvalue weighted by Gasteiger charge is 2.06. The van der Waals surface area contributed by atoms with E-state index in [0.717, 1.165) is 6.07 Å². The van der Waals surface area contributed by atoms with Crippen LogP contribution in [0.25, 0.3) is 0 Å². The number of hydrogen-bond donors (Lipinski definition) is 2. The first kappa shape index (κ1) is 15.5. The molecule has 0 radical (unpaired) electrons. The number of carbonyl (C=O) groups excluding carboxylic acids is 1. The third-order valence-electron chi connectivity index (χ3n) is 2.32. The van der Waals surface area contributed by atoms with Gasteiger partial charge in [-0.15, -0.1) is 0 Å². The topological polar surface area (TPSA) is 64.4 Å². The lowest BCUT2D eigenvalue weighted by Gasteiger charge is -2.07. The van der Waals surface area contributed by atoms with Gasteiger partial charge in [0.25, 0.3) is 6.43 Å². The summed E-state index contributed by atoms with van der Waals surface area (Å²) >= 11 is 0. The Balaban J connectivity index is 2.32. The number of nitrogens with one attached hydrogen (secondary N) is 1. The second kappa shape index (κ2) is 7.75. The van der Waals surface area contributed by atoms with E-state index in [1.807, 2.05) is 0 Å². The van der Waals surface area contributed by atoms with E-state index in [-0.39, 0.29) is 18.7 Å². The van der Waals surface area contributed by atoms with Crippen LogP contribution < -0.4 is 11.1 Å². The zero-order valence-corrected chi connectivity index (χ0v) is 10.2.